The quantitative estimate of drug-likeness (QED) is 0.468. The number of aromatic nitrogens is 5. The molecular weight excluding hydrogens is 374 g/mol. The van der Waals surface area contributed by atoms with Crippen LogP contribution in [0.1, 0.15) is 53.5 Å². The Labute approximate surface area is 166 Å². The third kappa shape index (κ3) is 3.51. The van der Waals surface area contributed by atoms with Crippen molar-refractivity contribution in [1.82, 2.24) is 25.0 Å². The number of fused-ring (bicyclic) bond motifs is 1. The molecule has 0 radical (unpaired) electrons. The molecule has 0 aromatic carbocycles. The second-order valence-electron chi connectivity index (χ2n) is 7.09. The molecule has 0 unspecified atom stereocenters. The lowest BCUT2D eigenvalue weighted by atomic mass is 10.1. The Bertz CT molecular complexity index is 1200. The molecule has 150 valence electrons. The lowest BCUT2D eigenvalue weighted by Crippen LogP contribution is -2.08. The van der Waals surface area contributed by atoms with Crippen LogP contribution in [-0.2, 0) is 11.3 Å². The average Bonchev–Trinajstić information content (AvgIpc) is 3.36. The Hall–Kier alpha value is -3.49. The second-order valence-corrected chi connectivity index (χ2v) is 7.09. The molecule has 29 heavy (non-hydrogen) atoms. The highest BCUT2D eigenvalue weighted by Crippen LogP contribution is 2.30. The number of pyridine rings is 1. The maximum atomic E-state index is 12.9. The van der Waals surface area contributed by atoms with Crippen LogP contribution < -0.4 is 0 Å². The first-order chi connectivity index (χ1) is 13.8. The molecule has 9 nitrogen and oxygen atoms in total. The highest BCUT2D eigenvalue weighted by atomic mass is 16.5. The van der Waals surface area contributed by atoms with Gasteiger partial charge in [-0.1, -0.05) is 0 Å². The monoisotopic (exact) mass is 395 g/mol. The van der Waals surface area contributed by atoms with Crippen molar-refractivity contribution in [3.63, 3.8) is 0 Å². The van der Waals surface area contributed by atoms with Crippen molar-refractivity contribution in [3.05, 3.63) is 47.2 Å². The van der Waals surface area contributed by atoms with Gasteiger partial charge in [0.05, 0.1) is 22.8 Å². The normalized spacial score (nSPS) is 11.5. The molecule has 0 amide bonds. The number of ether oxygens (including phenoxy) is 1. The van der Waals surface area contributed by atoms with E-state index in [0.29, 0.717) is 28.2 Å². The molecule has 0 spiro atoms. The number of nitrogens with zero attached hydrogens (tertiary/aromatic N) is 5. The summed E-state index contributed by atoms with van der Waals surface area (Å²) < 4.78 is 18.1. The Morgan fingerprint density at radius 1 is 1.17 bits per heavy atom. The molecule has 4 aromatic rings. The molecule has 4 heterocycles. The van der Waals surface area contributed by atoms with E-state index in [-0.39, 0.29) is 18.5 Å². The highest BCUT2D eigenvalue weighted by Gasteiger charge is 2.21. The Morgan fingerprint density at radius 2 is 1.97 bits per heavy atom. The molecule has 0 aliphatic heterocycles. The molecular formula is C20H21N5O4. The lowest BCUT2D eigenvalue weighted by molar-refractivity contribution is 0.0439. The van der Waals surface area contributed by atoms with Crippen LogP contribution in [0.5, 0.6) is 0 Å². The van der Waals surface area contributed by atoms with Crippen LogP contribution in [0.4, 0.5) is 0 Å². The molecule has 4 rings (SSSR count). The van der Waals surface area contributed by atoms with E-state index in [4.69, 9.17) is 18.6 Å². The standard InChI is InChI=1S/C20H21N5O4/c1-10(2)25-19-16(8-21-25)15(20(26)27-9-18-24-23-13(5)29-18)7-17(22-19)14-6-11(3)28-12(14)4/h6-8,10H,9H2,1-5H3. The van der Waals surface area contributed by atoms with E-state index in [1.165, 1.54) is 0 Å². The van der Waals surface area contributed by atoms with Crippen molar-refractivity contribution in [1.29, 1.82) is 0 Å². The van der Waals surface area contributed by atoms with Gasteiger partial charge in [0.15, 0.2) is 12.3 Å². The smallest absolute Gasteiger partial charge is 0.339 e. The van der Waals surface area contributed by atoms with E-state index in [1.807, 2.05) is 33.8 Å². The van der Waals surface area contributed by atoms with Crippen molar-refractivity contribution in [2.45, 2.75) is 47.3 Å². The van der Waals surface area contributed by atoms with Gasteiger partial charge in [0, 0.05) is 18.5 Å². The summed E-state index contributed by atoms with van der Waals surface area (Å²) in [6, 6.07) is 3.68. The summed E-state index contributed by atoms with van der Waals surface area (Å²) in [6.07, 6.45) is 1.63. The van der Waals surface area contributed by atoms with E-state index in [9.17, 15) is 4.79 Å². The van der Waals surface area contributed by atoms with Crippen LogP contribution in [0.25, 0.3) is 22.3 Å². The first-order valence-corrected chi connectivity index (χ1v) is 9.25. The molecule has 4 aromatic heterocycles. The van der Waals surface area contributed by atoms with Gasteiger partial charge in [0.2, 0.25) is 5.89 Å². The first-order valence-electron chi connectivity index (χ1n) is 9.25. The molecule has 0 fully saturated rings. The predicted octanol–water partition coefficient (Wildman–Crippen LogP) is 3.94. The van der Waals surface area contributed by atoms with Crippen LogP contribution in [0.15, 0.2) is 27.2 Å². The number of hydrogen-bond acceptors (Lipinski definition) is 8. The maximum Gasteiger partial charge on any atom is 0.339 e. The molecule has 9 heteroatoms. The summed E-state index contributed by atoms with van der Waals surface area (Å²) in [5.41, 5.74) is 2.42. The van der Waals surface area contributed by atoms with Crippen molar-refractivity contribution < 1.29 is 18.4 Å². The minimum absolute atomic E-state index is 0.0765. The SMILES string of the molecule is Cc1cc(-c2cc(C(=O)OCc3nnc(C)o3)c3cnn(C(C)C)c3n2)c(C)o1. The van der Waals surface area contributed by atoms with Gasteiger partial charge in [-0.25, -0.2) is 14.5 Å². The maximum absolute atomic E-state index is 12.9. The largest absolute Gasteiger partial charge is 0.466 e. The first kappa shape index (κ1) is 18.9. The van der Waals surface area contributed by atoms with E-state index >= 15 is 0 Å². The summed E-state index contributed by atoms with van der Waals surface area (Å²) in [5, 5.41) is 12.6. The summed E-state index contributed by atoms with van der Waals surface area (Å²) in [5.74, 6) is 1.63. The summed E-state index contributed by atoms with van der Waals surface area (Å²) in [4.78, 5) is 17.6. The Balaban J connectivity index is 1.78. The van der Waals surface area contributed by atoms with Gasteiger partial charge in [-0.05, 0) is 39.8 Å². The summed E-state index contributed by atoms with van der Waals surface area (Å²) >= 11 is 0. The third-order valence-electron chi connectivity index (χ3n) is 4.49. The minimum atomic E-state index is -0.518. The predicted molar refractivity (Wildman–Crippen MR) is 103 cm³/mol. The zero-order valence-corrected chi connectivity index (χ0v) is 16.9. The van der Waals surface area contributed by atoms with Gasteiger partial charge in [-0.2, -0.15) is 5.10 Å². The van der Waals surface area contributed by atoms with Crippen LogP contribution in [0.2, 0.25) is 0 Å². The van der Waals surface area contributed by atoms with E-state index in [2.05, 4.69) is 15.3 Å². The minimum Gasteiger partial charge on any atom is -0.466 e. The molecule has 0 atom stereocenters. The fourth-order valence-corrected chi connectivity index (χ4v) is 3.19. The number of carbonyl (C=O) groups is 1. The van der Waals surface area contributed by atoms with E-state index in [1.54, 1.807) is 23.9 Å². The topological polar surface area (TPSA) is 109 Å². The Kier molecular flexibility index (Phi) is 4.65. The molecule has 0 bridgehead atoms. The number of furan rings is 1. The van der Waals surface area contributed by atoms with Gasteiger partial charge >= 0.3 is 5.97 Å². The Morgan fingerprint density at radius 3 is 2.59 bits per heavy atom. The van der Waals surface area contributed by atoms with Crippen LogP contribution in [0.3, 0.4) is 0 Å². The number of aryl methyl sites for hydroxylation is 3. The van der Waals surface area contributed by atoms with Crippen LogP contribution in [0, 0.1) is 20.8 Å². The second kappa shape index (κ2) is 7.16. The van der Waals surface area contributed by atoms with Gasteiger partial charge in [-0.15, -0.1) is 10.2 Å². The van der Waals surface area contributed by atoms with Crippen molar-refractivity contribution >= 4 is 17.0 Å². The molecule has 0 saturated heterocycles. The molecule has 0 saturated carbocycles. The number of hydrogen-bond donors (Lipinski definition) is 0. The average molecular weight is 395 g/mol. The summed E-state index contributed by atoms with van der Waals surface area (Å²) in [7, 11) is 0. The van der Waals surface area contributed by atoms with Gasteiger partial charge in [0.25, 0.3) is 5.89 Å². The van der Waals surface area contributed by atoms with Gasteiger partial charge < -0.3 is 13.6 Å². The zero-order chi connectivity index (χ0) is 20.7. The number of esters is 1. The van der Waals surface area contributed by atoms with E-state index in [0.717, 1.165) is 17.1 Å². The fraction of sp³-hybridized carbons (Fsp3) is 0.350. The van der Waals surface area contributed by atoms with Gasteiger partial charge in [-0.3, -0.25) is 0 Å². The number of carbonyl (C=O) groups excluding carboxylic acids is 1. The molecule has 0 N–H and O–H groups in total. The van der Waals surface area contributed by atoms with Crippen LogP contribution >= 0.6 is 0 Å². The van der Waals surface area contributed by atoms with Crippen molar-refractivity contribution in [3.8, 4) is 11.3 Å². The molecule has 0 aliphatic rings. The number of rotatable bonds is 5. The zero-order valence-electron chi connectivity index (χ0n) is 16.9. The third-order valence-corrected chi connectivity index (χ3v) is 4.49. The van der Waals surface area contributed by atoms with Gasteiger partial charge in [0.1, 0.15) is 11.5 Å². The van der Waals surface area contributed by atoms with E-state index < -0.39 is 5.97 Å². The molecule has 0 aliphatic carbocycles. The highest BCUT2D eigenvalue weighted by molar-refractivity contribution is 6.03. The van der Waals surface area contributed by atoms with Crippen LogP contribution in [-0.4, -0.2) is 30.9 Å². The summed E-state index contributed by atoms with van der Waals surface area (Å²) in [6.45, 7) is 9.31. The lowest BCUT2D eigenvalue weighted by Gasteiger charge is -2.10. The van der Waals surface area contributed by atoms with Crippen molar-refractivity contribution in [2.75, 3.05) is 0 Å². The van der Waals surface area contributed by atoms with Crippen molar-refractivity contribution in [2.24, 2.45) is 0 Å². The fourth-order valence-electron chi connectivity index (χ4n) is 3.19.